The number of hydrogen-bond acceptors (Lipinski definition) is 4. The second-order valence-corrected chi connectivity index (χ2v) is 4.19. The predicted molar refractivity (Wildman–Crippen MR) is 63.5 cm³/mol. The highest BCUT2D eigenvalue weighted by Gasteiger charge is 2.11. The van der Waals surface area contributed by atoms with E-state index in [-0.39, 0.29) is 15.9 Å². The minimum absolute atomic E-state index is 0.0911. The molecule has 1 amide bonds. The van der Waals surface area contributed by atoms with Crippen LogP contribution in [-0.4, -0.2) is 22.0 Å². The molecule has 2 N–H and O–H groups in total. The molecule has 1 aromatic heterocycles. The Morgan fingerprint density at radius 1 is 1.24 bits per heavy atom. The molecule has 5 nitrogen and oxygen atoms in total. The fourth-order valence-corrected chi connectivity index (χ4v) is 1.84. The van der Waals surface area contributed by atoms with Crippen LogP contribution in [0.4, 0.5) is 5.13 Å². The van der Waals surface area contributed by atoms with Crippen molar-refractivity contribution >= 4 is 28.3 Å². The maximum atomic E-state index is 11.7. The van der Waals surface area contributed by atoms with E-state index in [0.29, 0.717) is 5.56 Å². The molecule has 0 aliphatic carbocycles. The molecule has 0 unspecified atom stereocenters. The first-order valence-electron chi connectivity index (χ1n) is 4.72. The van der Waals surface area contributed by atoms with E-state index >= 15 is 0 Å². The van der Waals surface area contributed by atoms with Gasteiger partial charge in [-0.05, 0) is 12.1 Å². The molecule has 0 saturated carbocycles. The van der Waals surface area contributed by atoms with Gasteiger partial charge < -0.3 is 5.11 Å². The van der Waals surface area contributed by atoms with E-state index < -0.39 is 5.97 Å². The number of carboxylic acid groups (broad SMARTS) is 1. The fourth-order valence-electron chi connectivity index (χ4n) is 1.19. The average molecular weight is 248 g/mol. The zero-order valence-electron chi connectivity index (χ0n) is 8.58. The van der Waals surface area contributed by atoms with E-state index in [9.17, 15) is 9.59 Å². The molecule has 2 aromatic rings. The van der Waals surface area contributed by atoms with E-state index in [1.165, 1.54) is 6.20 Å². The maximum absolute atomic E-state index is 11.7. The van der Waals surface area contributed by atoms with E-state index in [0.717, 1.165) is 11.3 Å². The van der Waals surface area contributed by atoms with Crippen LogP contribution in [0.1, 0.15) is 20.0 Å². The first-order valence-corrected chi connectivity index (χ1v) is 5.54. The van der Waals surface area contributed by atoms with Crippen molar-refractivity contribution in [3.05, 3.63) is 47.0 Å². The van der Waals surface area contributed by atoms with Crippen molar-refractivity contribution in [3.8, 4) is 0 Å². The highest BCUT2D eigenvalue weighted by atomic mass is 32.1. The van der Waals surface area contributed by atoms with Crippen LogP contribution in [0.15, 0.2) is 36.5 Å². The Morgan fingerprint density at radius 3 is 2.53 bits per heavy atom. The van der Waals surface area contributed by atoms with Crippen LogP contribution in [-0.2, 0) is 0 Å². The summed E-state index contributed by atoms with van der Waals surface area (Å²) in [6.45, 7) is 0. The van der Waals surface area contributed by atoms with Crippen LogP contribution >= 0.6 is 11.3 Å². The lowest BCUT2D eigenvalue weighted by Crippen LogP contribution is -2.11. The minimum Gasteiger partial charge on any atom is -0.477 e. The van der Waals surface area contributed by atoms with Gasteiger partial charge in [0.1, 0.15) is 4.88 Å². The number of anilines is 1. The Kier molecular flexibility index (Phi) is 3.15. The van der Waals surface area contributed by atoms with Crippen LogP contribution in [0.25, 0.3) is 0 Å². The third-order valence-electron chi connectivity index (χ3n) is 1.97. The fraction of sp³-hybridized carbons (Fsp3) is 0. The Balaban J connectivity index is 2.11. The van der Waals surface area contributed by atoms with Crippen molar-refractivity contribution in [2.24, 2.45) is 0 Å². The standard InChI is InChI=1S/C11H8N2O3S/c14-9(7-4-2-1-3-5-7)13-11-12-6-8(17-11)10(15)16/h1-6H,(H,15,16)(H,12,13,14). The zero-order valence-corrected chi connectivity index (χ0v) is 9.40. The van der Waals surface area contributed by atoms with Gasteiger partial charge in [-0.1, -0.05) is 29.5 Å². The Morgan fingerprint density at radius 2 is 1.94 bits per heavy atom. The molecule has 0 saturated heterocycles. The van der Waals surface area contributed by atoms with Gasteiger partial charge in [-0.25, -0.2) is 9.78 Å². The number of nitrogens with one attached hydrogen (secondary N) is 1. The summed E-state index contributed by atoms with van der Waals surface area (Å²) in [7, 11) is 0. The van der Waals surface area contributed by atoms with Gasteiger partial charge in [-0.15, -0.1) is 0 Å². The lowest BCUT2D eigenvalue weighted by molar-refractivity contribution is 0.0701. The maximum Gasteiger partial charge on any atom is 0.347 e. The minimum atomic E-state index is -1.05. The lowest BCUT2D eigenvalue weighted by Gasteiger charge is -2.00. The van der Waals surface area contributed by atoms with Gasteiger partial charge >= 0.3 is 5.97 Å². The summed E-state index contributed by atoms with van der Waals surface area (Å²) in [4.78, 5) is 26.2. The van der Waals surface area contributed by atoms with E-state index in [1.807, 2.05) is 6.07 Å². The number of hydrogen-bond donors (Lipinski definition) is 2. The summed E-state index contributed by atoms with van der Waals surface area (Å²) >= 11 is 0.921. The summed E-state index contributed by atoms with van der Waals surface area (Å²) in [6, 6.07) is 8.64. The predicted octanol–water partition coefficient (Wildman–Crippen LogP) is 2.09. The molecule has 0 spiro atoms. The van der Waals surface area contributed by atoms with Crippen molar-refractivity contribution in [2.45, 2.75) is 0 Å². The van der Waals surface area contributed by atoms with Crippen molar-refractivity contribution in [1.82, 2.24) is 4.98 Å². The molecule has 0 radical (unpaired) electrons. The molecular weight excluding hydrogens is 240 g/mol. The lowest BCUT2D eigenvalue weighted by atomic mass is 10.2. The molecule has 0 fully saturated rings. The number of nitrogens with zero attached hydrogens (tertiary/aromatic N) is 1. The van der Waals surface area contributed by atoms with E-state index in [1.54, 1.807) is 24.3 Å². The van der Waals surface area contributed by atoms with Gasteiger partial charge in [-0.2, -0.15) is 0 Å². The summed E-state index contributed by atoms with van der Waals surface area (Å²) in [5, 5.41) is 11.5. The second kappa shape index (κ2) is 4.75. The molecule has 17 heavy (non-hydrogen) atoms. The van der Waals surface area contributed by atoms with E-state index in [2.05, 4.69) is 10.3 Å². The van der Waals surface area contributed by atoms with E-state index in [4.69, 9.17) is 5.11 Å². The van der Waals surface area contributed by atoms with Crippen LogP contribution in [0, 0.1) is 0 Å². The highest BCUT2D eigenvalue weighted by molar-refractivity contribution is 7.17. The first kappa shape index (κ1) is 11.3. The van der Waals surface area contributed by atoms with Gasteiger partial charge in [0, 0.05) is 5.56 Å². The van der Waals surface area contributed by atoms with Gasteiger partial charge in [0.25, 0.3) is 5.91 Å². The SMILES string of the molecule is O=C(Nc1ncc(C(=O)O)s1)c1ccccc1. The number of amides is 1. The number of benzene rings is 1. The van der Waals surface area contributed by atoms with Crippen molar-refractivity contribution in [2.75, 3.05) is 5.32 Å². The Bertz CT molecular complexity index is 551. The number of thiazole rings is 1. The van der Waals surface area contributed by atoms with Gasteiger partial charge in [0.05, 0.1) is 6.20 Å². The first-order chi connectivity index (χ1) is 8.16. The van der Waals surface area contributed by atoms with Gasteiger partial charge in [0.2, 0.25) is 0 Å². The number of carbonyl (C=O) groups is 2. The number of rotatable bonds is 3. The molecular formula is C11H8N2O3S. The van der Waals surface area contributed by atoms with Crippen molar-refractivity contribution in [1.29, 1.82) is 0 Å². The average Bonchev–Trinajstić information content (AvgIpc) is 2.79. The molecule has 0 atom stereocenters. The van der Waals surface area contributed by atoms with Crippen LogP contribution in [0.5, 0.6) is 0 Å². The van der Waals surface area contributed by atoms with Crippen molar-refractivity contribution < 1.29 is 14.7 Å². The molecule has 0 aliphatic heterocycles. The summed E-state index contributed by atoms with van der Waals surface area (Å²) < 4.78 is 0. The summed E-state index contributed by atoms with van der Waals surface area (Å²) in [5.41, 5.74) is 0.500. The van der Waals surface area contributed by atoms with Crippen molar-refractivity contribution in [3.63, 3.8) is 0 Å². The smallest absolute Gasteiger partial charge is 0.347 e. The molecule has 2 rings (SSSR count). The topological polar surface area (TPSA) is 79.3 Å². The number of carbonyl (C=O) groups excluding carboxylic acids is 1. The van der Waals surface area contributed by atoms with Gasteiger partial charge in [-0.3, -0.25) is 10.1 Å². The number of aromatic nitrogens is 1. The van der Waals surface area contributed by atoms with Crippen LogP contribution in [0.3, 0.4) is 0 Å². The Labute approximate surface area is 101 Å². The number of carboxylic acids is 1. The monoisotopic (exact) mass is 248 g/mol. The Hall–Kier alpha value is -2.21. The van der Waals surface area contributed by atoms with Crippen LogP contribution in [0.2, 0.25) is 0 Å². The number of aromatic carboxylic acids is 1. The molecule has 1 aromatic carbocycles. The van der Waals surface area contributed by atoms with Crippen LogP contribution < -0.4 is 5.32 Å². The summed E-state index contributed by atoms with van der Waals surface area (Å²) in [6.07, 6.45) is 1.22. The third-order valence-corrected chi connectivity index (χ3v) is 2.87. The molecule has 0 bridgehead atoms. The quantitative estimate of drug-likeness (QED) is 0.871. The molecule has 86 valence electrons. The largest absolute Gasteiger partial charge is 0.477 e. The summed E-state index contributed by atoms with van der Waals surface area (Å²) in [5.74, 6) is -1.36. The normalized spacial score (nSPS) is 9.88. The highest BCUT2D eigenvalue weighted by Crippen LogP contribution is 2.18. The zero-order chi connectivity index (χ0) is 12.3. The molecule has 1 heterocycles. The van der Waals surface area contributed by atoms with Gasteiger partial charge in [0.15, 0.2) is 5.13 Å². The molecule has 6 heteroatoms. The third kappa shape index (κ3) is 2.67. The molecule has 0 aliphatic rings. The second-order valence-electron chi connectivity index (χ2n) is 3.15.